The third-order valence-electron chi connectivity index (χ3n) is 5.03. The minimum absolute atomic E-state index is 0.00605. The Morgan fingerprint density at radius 2 is 1.83 bits per heavy atom. The molecule has 1 aliphatic rings. The monoisotopic (exact) mass is 395 g/mol. The molecule has 0 atom stereocenters. The highest BCUT2D eigenvalue weighted by Gasteiger charge is 2.23. The Bertz CT molecular complexity index is 1010. The van der Waals surface area contributed by atoms with Crippen LogP contribution in [0, 0.1) is 19.7 Å². The van der Waals surface area contributed by atoms with Gasteiger partial charge in [0.2, 0.25) is 11.9 Å². The van der Waals surface area contributed by atoms with E-state index in [0.29, 0.717) is 49.3 Å². The lowest BCUT2D eigenvalue weighted by molar-refractivity contribution is -0.132. The van der Waals surface area contributed by atoms with Gasteiger partial charge in [-0.2, -0.15) is 5.10 Å². The van der Waals surface area contributed by atoms with Crippen LogP contribution in [0.4, 0.5) is 10.3 Å². The first kappa shape index (κ1) is 19.0. The molecule has 1 fully saturated rings. The van der Waals surface area contributed by atoms with Crippen LogP contribution in [0.2, 0.25) is 0 Å². The summed E-state index contributed by atoms with van der Waals surface area (Å²) in [6.07, 6.45) is 3.43. The molecule has 1 aromatic carbocycles. The minimum Gasteiger partial charge on any atom is -0.338 e. The van der Waals surface area contributed by atoms with Gasteiger partial charge in [0.15, 0.2) is 5.82 Å². The number of aryl methyl sites for hydroxylation is 2. The van der Waals surface area contributed by atoms with Crippen LogP contribution in [0.5, 0.6) is 0 Å². The second-order valence-electron chi connectivity index (χ2n) is 7.02. The van der Waals surface area contributed by atoms with Crippen molar-refractivity contribution in [3.05, 3.63) is 53.9 Å². The summed E-state index contributed by atoms with van der Waals surface area (Å²) in [7, 11) is 0. The number of halogens is 1. The summed E-state index contributed by atoms with van der Waals surface area (Å²) in [5.41, 5.74) is 1.27. The zero-order chi connectivity index (χ0) is 20.4. The number of hydrogen-bond donors (Lipinski definition) is 0. The first-order chi connectivity index (χ1) is 14.0. The van der Waals surface area contributed by atoms with Crippen molar-refractivity contribution in [2.75, 3.05) is 31.1 Å². The maximum Gasteiger partial charge on any atom is 0.244 e. The summed E-state index contributed by atoms with van der Waals surface area (Å²) in [6.45, 7) is 6.22. The number of rotatable bonds is 4. The van der Waals surface area contributed by atoms with E-state index in [1.54, 1.807) is 42.2 Å². The van der Waals surface area contributed by atoms with E-state index in [-0.39, 0.29) is 18.3 Å². The van der Waals surface area contributed by atoms with Gasteiger partial charge in [-0.25, -0.2) is 24.0 Å². The van der Waals surface area contributed by atoms with Gasteiger partial charge in [-0.3, -0.25) is 4.79 Å². The molecular formula is C20H22FN7O. The van der Waals surface area contributed by atoms with E-state index >= 15 is 0 Å². The number of benzene rings is 1. The molecule has 8 nitrogen and oxygen atoms in total. The van der Waals surface area contributed by atoms with E-state index < -0.39 is 0 Å². The predicted molar refractivity (Wildman–Crippen MR) is 106 cm³/mol. The number of piperazine rings is 1. The molecule has 3 aromatic rings. The number of hydrogen-bond acceptors (Lipinski definition) is 6. The van der Waals surface area contributed by atoms with Gasteiger partial charge in [0.1, 0.15) is 18.2 Å². The Hall–Kier alpha value is -3.36. The second kappa shape index (κ2) is 7.94. The van der Waals surface area contributed by atoms with Crippen LogP contribution in [0.15, 0.2) is 36.7 Å². The van der Waals surface area contributed by atoms with Gasteiger partial charge in [-0.1, -0.05) is 0 Å². The first-order valence-electron chi connectivity index (χ1n) is 9.49. The molecule has 1 saturated heterocycles. The number of amides is 1. The Morgan fingerprint density at radius 3 is 2.52 bits per heavy atom. The lowest BCUT2D eigenvalue weighted by atomic mass is 10.1. The van der Waals surface area contributed by atoms with Gasteiger partial charge in [0.25, 0.3) is 0 Å². The molecule has 29 heavy (non-hydrogen) atoms. The largest absolute Gasteiger partial charge is 0.338 e. The van der Waals surface area contributed by atoms with Crippen LogP contribution in [-0.4, -0.2) is 61.7 Å². The third kappa shape index (κ3) is 4.08. The molecule has 4 rings (SSSR count). The van der Waals surface area contributed by atoms with Gasteiger partial charge in [0.05, 0.1) is 0 Å². The van der Waals surface area contributed by atoms with Gasteiger partial charge in [0, 0.05) is 44.1 Å². The molecule has 3 heterocycles. The van der Waals surface area contributed by atoms with Crippen molar-refractivity contribution in [2.45, 2.75) is 20.4 Å². The van der Waals surface area contributed by atoms with Crippen molar-refractivity contribution in [1.82, 2.24) is 29.6 Å². The number of nitrogens with zero attached hydrogens (tertiary/aromatic N) is 7. The van der Waals surface area contributed by atoms with E-state index in [9.17, 15) is 9.18 Å². The van der Waals surface area contributed by atoms with Crippen LogP contribution in [0.25, 0.3) is 11.4 Å². The van der Waals surface area contributed by atoms with Crippen molar-refractivity contribution in [1.29, 1.82) is 0 Å². The Labute approximate surface area is 168 Å². The van der Waals surface area contributed by atoms with E-state index in [0.717, 1.165) is 5.56 Å². The lowest BCUT2D eigenvalue weighted by Gasteiger charge is -2.34. The average Bonchev–Trinajstić information content (AvgIpc) is 3.11. The van der Waals surface area contributed by atoms with Crippen molar-refractivity contribution < 1.29 is 9.18 Å². The molecule has 0 saturated carbocycles. The highest BCUT2D eigenvalue weighted by Crippen LogP contribution is 2.19. The fourth-order valence-electron chi connectivity index (χ4n) is 3.31. The summed E-state index contributed by atoms with van der Waals surface area (Å²) in [4.78, 5) is 29.6. The minimum atomic E-state index is -0.264. The second-order valence-corrected chi connectivity index (χ2v) is 7.02. The summed E-state index contributed by atoms with van der Waals surface area (Å²) >= 11 is 0. The van der Waals surface area contributed by atoms with Gasteiger partial charge >= 0.3 is 0 Å². The van der Waals surface area contributed by atoms with E-state index in [1.165, 1.54) is 6.07 Å². The number of anilines is 1. The summed E-state index contributed by atoms with van der Waals surface area (Å²) in [5.74, 6) is 1.55. The zero-order valence-electron chi connectivity index (χ0n) is 16.4. The van der Waals surface area contributed by atoms with E-state index in [2.05, 4.69) is 25.0 Å². The molecule has 1 aliphatic heterocycles. The maximum absolute atomic E-state index is 13.5. The normalized spacial score (nSPS) is 14.3. The molecule has 1 amide bonds. The van der Waals surface area contributed by atoms with Gasteiger partial charge in [-0.15, -0.1) is 0 Å². The Kier molecular flexibility index (Phi) is 5.20. The van der Waals surface area contributed by atoms with E-state index in [4.69, 9.17) is 0 Å². The highest BCUT2D eigenvalue weighted by atomic mass is 19.1. The highest BCUT2D eigenvalue weighted by molar-refractivity contribution is 5.76. The van der Waals surface area contributed by atoms with E-state index in [1.807, 2.05) is 11.8 Å². The standard InChI is InChI=1S/C20H22FN7O/c1-14-12-16(4-5-17(14)21)19-24-15(2)28(25-19)13-18(29)26-8-10-27(11-9-26)20-22-6-3-7-23-20/h3-7,12H,8-11,13H2,1-2H3. The van der Waals surface area contributed by atoms with Crippen LogP contribution in [0.1, 0.15) is 11.4 Å². The molecule has 0 aliphatic carbocycles. The third-order valence-corrected chi connectivity index (χ3v) is 5.03. The molecular weight excluding hydrogens is 373 g/mol. The van der Waals surface area contributed by atoms with Crippen LogP contribution in [-0.2, 0) is 11.3 Å². The van der Waals surface area contributed by atoms with Crippen molar-refractivity contribution in [3.8, 4) is 11.4 Å². The number of carbonyl (C=O) groups is 1. The van der Waals surface area contributed by atoms with Crippen LogP contribution >= 0.6 is 0 Å². The molecule has 0 spiro atoms. The number of aromatic nitrogens is 5. The lowest BCUT2D eigenvalue weighted by Crippen LogP contribution is -2.50. The molecule has 0 unspecified atom stereocenters. The quantitative estimate of drug-likeness (QED) is 0.671. The molecule has 2 aromatic heterocycles. The summed E-state index contributed by atoms with van der Waals surface area (Å²) in [5, 5.41) is 4.45. The average molecular weight is 395 g/mol. The topological polar surface area (TPSA) is 80.0 Å². The van der Waals surface area contributed by atoms with Crippen molar-refractivity contribution in [3.63, 3.8) is 0 Å². The molecule has 0 bridgehead atoms. The maximum atomic E-state index is 13.5. The van der Waals surface area contributed by atoms with Crippen LogP contribution in [0.3, 0.4) is 0 Å². The molecule has 0 radical (unpaired) electrons. The van der Waals surface area contributed by atoms with Crippen LogP contribution < -0.4 is 4.90 Å². The Morgan fingerprint density at radius 1 is 1.10 bits per heavy atom. The Balaban J connectivity index is 1.40. The van der Waals surface area contributed by atoms with Crippen molar-refractivity contribution >= 4 is 11.9 Å². The predicted octanol–water partition coefficient (Wildman–Crippen LogP) is 1.84. The van der Waals surface area contributed by atoms with Gasteiger partial charge < -0.3 is 9.80 Å². The molecule has 0 N–H and O–H groups in total. The smallest absolute Gasteiger partial charge is 0.244 e. The van der Waals surface area contributed by atoms with Gasteiger partial charge in [-0.05, 0) is 43.7 Å². The SMILES string of the molecule is Cc1cc(-c2nc(C)n(CC(=O)N3CCN(c4ncccn4)CC3)n2)ccc1F. The fraction of sp³-hybridized carbons (Fsp3) is 0.350. The molecule has 9 heteroatoms. The zero-order valence-corrected chi connectivity index (χ0v) is 16.4. The molecule has 150 valence electrons. The number of carbonyl (C=O) groups excluding carboxylic acids is 1. The summed E-state index contributed by atoms with van der Waals surface area (Å²) < 4.78 is 15.1. The fourth-order valence-corrected chi connectivity index (χ4v) is 3.31. The first-order valence-corrected chi connectivity index (χ1v) is 9.49. The summed E-state index contributed by atoms with van der Waals surface area (Å²) in [6, 6.07) is 6.54. The van der Waals surface area contributed by atoms with Crippen molar-refractivity contribution in [2.24, 2.45) is 0 Å².